The number of benzene rings is 2. The maximum absolute atomic E-state index is 13.1. The third kappa shape index (κ3) is 4.19. The number of carbonyl (C=O) groups is 1. The molecule has 2 heterocycles. The molecule has 0 fully saturated rings. The lowest BCUT2D eigenvalue weighted by Crippen LogP contribution is -2.31. The van der Waals surface area contributed by atoms with Crippen molar-refractivity contribution in [3.63, 3.8) is 0 Å². The molecule has 7 heteroatoms. The van der Waals surface area contributed by atoms with Crippen molar-refractivity contribution < 1.29 is 9.53 Å². The summed E-state index contributed by atoms with van der Waals surface area (Å²) in [6, 6.07) is 19.1. The second-order valence-corrected chi connectivity index (χ2v) is 6.50. The number of aromatic nitrogens is 4. The first-order valence-electron chi connectivity index (χ1n) is 9.27. The van der Waals surface area contributed by atoms with E-state index in [1.165, 1.54) is 7.11 Å². The summed E-state index contributed by atoms with van der Waals surface area (Å²) in [5.74, 6) is 0.897. The van der Waals surface area contributed by atoms with Gasteiger partial charge in [0.1, 0.15) is 5.82 Å². The molecule has 1 atom stereocenters. The Labute approximate surface area is 168 Å². The van der Waals surface area contributed by atoms with Gasteiger partial charge in [0, 0.05) is 18.8 Å². The first-order chi connectivity index (χ1) is 14.2. The fraction of sp³-hybridized carbons (Fsp3) is 0.136. The van der Waals surface area contributed by atoms with Crippen molar-refractivity contribution in [1.29, 1.82) is 0 Å². The van der Waals surface area contributed by atoms with Crippen LogP contribution in [0.4, 0.5) is 0 Å². The number of aromatic amines is 1. The second kappa shape index (κ2) is 8.43. The molecule has 0 saturated heterocycles. The van der Waals surface area contributed by atoms with Crippen molar-refractivity contribution >= 4 is 5.91 Å². The number of H-pyrrole nitrogens is 1. The van der Waals surface area contributed by atoms with Gasteiger partial charge in [-0.15, -0.1) is 0 Å². The van der Waals surface area contributed by atoms with Crippen molar-refractivity contribution in [1.82, 2.24) is 25.1 Å². The fourth-order valence-electron chi connectivity index (χ4n) is 3.14. The number of ether oxygens (including phenoxy) is 1. The van der Waals surface area contributed by atoms with Crippen LogP contribution in [-0.4, -0.2) is 32.8 Å². The summed E-state index contributed by atoms with van der Waals surface area (Å²) in [5.41, 5.74) is 2.07. The number of para-hydroxylation sites is 1. The highest BCUT2D eigenvalue weighted by atomic mass is 16.5. The van der Waals surface area contributed by atoms with Gasteiger partial charge in [0.15, 0.2) is 11.4 Å². The van der Waals surface area contributed by atoms with Gasteiger partial charge in [-0.3, -0.25) is 4.79 Å². The summed E-state index contributed by atoms with van der Waals surface area (Å²) in [7, 11) is 1.53. The standard InChI is InChI=1S/C22H21N5O2/c1-29-19-15-27(17-10-6-3-7-11-17)26-21(19)22(28)25-18(14-20-23-12-13-24-20)16-8-4-2-5-9-16/h2-13,15,18H,14H2,1H3,(H,23,24)(H,25,28). The molecule has 1 amide bonds. The maximum atomic E-state index is 13.1. The predicted octanol–water partition coefficient (Wildman–Crippen LogP) is 3.32. The molecule has 0 aliphatic carbocycles. The third-order valence-corrected chi connectivity index (χ3v) is 4.60. The zero-order chi connectivity index (χ0) is 20.1. The quantitative estimate of drug-likeness (QED) is 0.509. The van der Waals surface area contributed by atoms with Gasteiger partial charge in [0.05, 0.1) is 25.0 Å². The Bertz CT molecular complexity index is 1060. The molecule has 0 aliphatic heterocycles. The van der Waals surface area contributed by atoms with E-state index in [0.717, 1.165) is 17.1 Å². The highest BCUT2D eigenvalue weighted by molar-refractivity contribution is 5.95. The van der Waals surface area contributed by atoms with Gasteiger partial charge in [-0.05, 0) is 17.7 Å². The van der Waals surface area contributed by atoms with Crippen LogP contribution in [-0.2, 0) is 6.42 Å². The van der Waals surface area contributed by atoms with Crippen molar-refractivity contribution in [2.75, 3.05) is 7.11 Å². The maximum Gasteiger partial charge on any atom is 0.276 e. The van der Waals surface area contributed by atoms with Gasteiger partial charge in [-0.1, -0.05) is 48.5 Å². The molecule has 29 heavy (non-hydrogen) atoms. The fourth-order valence-corrected chi connectivity index (χ4v) is 3.14. The van der Waals surface area contributed by atoms with Gasteiger partial charge < -0.3 is 15.0 Å². The predicted molar refractivity (Wildman–Crippen MR) is 109 cm³/mol. The Morgan fingerprint density at radius 3 is 2.52 bits per heavy atom. The largest absolute Gasteiger partial charge is 0.493 e. The molecular weight excluding hydrogens is 366 g/mol. The molecule has 7 nitrogen and oxygen atoms in total. The number of amides is 1. The summed E-state index contributed by atoms with van der Waals surface area (Å²) in [4.78, 5) is 20.5. The van der Waals surface area contributed by atoms with Gasteiger partial charge >= 0.3 is 0 Å². The molecule has 1 unspecified atom stereocenters. The van der Waals surface area contributed by atoms with Gasteiger partial charge in [0.25, 0.3) is 5.91 Å². The van der Waals surface area contributed by atoms with Crippen LogP contribution >= 0.6 is 0 Å². The normalized spacial score (nSPS) is 11.8. The van der Waals surface area contributed by atoms with Crippen LogP contribution in [0, 0.1) is 0 Å². The Balaban J connectivity index is 1.61. The van der Waals surface area contributed by atoms with Crippen LogP contribution in [0.5, 0.6) is 5.75 Å². The van der Waals surface area contributed by atoms with Crippen molar-refractivity contribution in [3.05, 3.63) is 96.3 Å². The number of hydrogen-bond acceptors (Lipinski definition) is 4. The average Bonchev–Trinajstić information content (AvgIpc) is 3.44. The Morgan fingerprint density at radius 2 is 1.86 bits per heavy atom. The minimum Gasteiger partial charge on any atom is -0.493 e. The van der Waals surface area contributed by atoms with Crippen LogP contribution < -0.4 is 10.1 Å². The number of imidazole rings is 1. The first-order valence-corrected chi connectivity index (χ1v) is 9.27. The van der Waals surface area contributed by atoms with Crippen LogP contribution in [0.2, 0.25) is 0 Å². The topological polar surface area (TPSA) is 84.8 Å². The lowest BCUT2D eigenvalue weighted by Gasteiger charge is -2.18. The van der Waals surface area contributed by atoms with E-state index >= 15 is 0 Å². The van der Waals surface area contributed by atoms with E-state index in [9.17, 15) is 4.79 Å². The minimum absolute atomic E-state index is 0.233. The van der Waals surface area contributed by atoms with E-state index < -0.39 is 0 Å². The molecule has 146 valence electrons. The summed E-state index contributed by atoms with van der Waals surface area (Å²) in [5, 5.41) is 7.52. The molecule has 0 aliphatic rings. The molecule has 0 radical (unpaired) electrons. The molecule has 2 aromatic heterocycles. The summed E-state index contributed by atoms with van der Waals surface area (Å²) in [6.45, 7) is 0. The van der Waals surface area contributed by atoms with E-state index in [2.05, 4.69) is 20.4 Å². The lowest BCUT2D eigenvalue weighted by atomic mass is 10.0. The number of carbonyl (C=O) groups excluding carboxylic acids is 1. The van der Waals surface area contributed by atoms with Crippen molar-refractivity contribution in [3.8, 4) is 11.4 Å². The zero-order valence-electron chi connectivity index (χ0n) is 15.9. The molecule has 0 spiro atoms. The van der Waals surface area contributed by atoms with Crippen LogP contribution in [0.3, 0.4) is 0 Å². The van der Waals surface area contributed by atoms with E-state index in [1.807, 2.05) is 60.7 Å². The van der Waals surface area contributed by atoms with E-state index in [-0.39, 0.29) is 17.6 Å². The van der Waals surface area contributed by atoms with Crippen LogP contribution in [0.1, 0.15) is 27.9 Å². The minimum atomic E-state index is -0.308. The summed E-state index contributed by atoms with van der Waals surface area (Å²) < 4.78 is 7.04. The van der Waals surface area contributed by atoms with Gasteiger partial charge in [-0.25, -0.2) is 9.67 Å². The highest BCUT2D eigenvalue weighted by Gasteiger charge is 2.23. The summed E-state index contributed by atoms with van der Waals surface area (Å²) >= 11 is 0. The molecule has 0 saturated carbocycles. The van der Waals surface area contributed by atoms with E-state index in [1.54, 1.807) is 23.3 Å². The number of nitrogens with one attached hydrogen (secondary N) is 2. The Morgan fingerprint density at radius 1 is 1.14 bits per heavy atom. The zero-order valence-corrected chi connectivity index (χ0v) is 15.9. The van der Waals surface area contributed by atoms with Crippen LogP contribution in [0.25, 0.3) is 5.69 Å². The SMILES string of the molecule is COc1cn(-c2ccccc2)nc1C(=O)NC(Cc1ncc[nH]1)c1ccccc1. The number of nitrogens with zero attached hydrogens (tertiary/aromatic N) is 3. The van der Waals surface area contributed by atoms with Gasteiger partial charge in [0.2, 0.25) is 0 Å². The Kier molecular flexibility index (Phi) is 5.38. The molecule has 2 N–H and O–H groups in total. The lowest BCUT2D eigenvalue weighted by molar-refractivity contribution is 0.0927. The molecule has 0 bridgehead atoms. The van der Waals surface area contributed by atoms with Crippen molar-refractivity contribution in [2.24, 2.45) is 0 Å². The van der Waals surface area contributed by atoms with Crippen molar-refractivity contribution in [2.45, 2.75) is 12.5 Å². The molecule has 4 aromatic rings. The summed E-state index contributed by atoms with van der Waals surface area (Å²) in [6.07, 6.45) is 5.70. The number of rotatable bonds is 7. The smallest absolute Gasteiger partial charge is 0.276 e. The van der Waals surface area contributed by atoms with E-state index in [4.69, 9.17) is 4.74 Å². The monoisotopic (exact) mass is 387 g/mol. The number of hydrogen-bond donors (Lipinski definition) is 2. The van der Waals surface area contributed by atoms with E-state index in [0.29, 0.717) is 12.2 Å². The second-order valence-electron chi connectivity index (χ2n) is 6.50. The molecule has 4 rings (SSSR count). The Hall–Kier alpha value is -3.87. The van der Waals surface area contributed by atoms with Crippen LogP contribution in [0.15, 0.2) is 79.3 Å². The highest BCUT2D eigenvalue weighted by Crippen LogP contribution is 2.22. The molecular formula is C22H21N5O2. The average molecular weight is 387 g/mol. The first kappa shape index (κ1) is 18.5. The third-order valence-electron chi connectivity index (χ3n) is 4.60. The molecule has 2 aromatic carbocycles. The van der Waals surface area contributed by atoms with Gasteiger partial charge in [-0.2, -0.15) is 5.10 Å². The number of methoxy groups -OCH3 is 1.